The molecule has 0 aromatic heterocycles. The highest BCUT2D eigenvalue weighted by molar-refractivity contribution is 6.06. The van der Waals surface area contributed by atoms with Gasteiger partial charge in [0.25, 0.3) is 0 Å². The molecule has 0 N–H and O–H groups in total. The van der Waals surface area contributed by atoms with Crippen molar-refractivity contribution in [2.75, 3.05) is 31.6 Å². The molecule has 3 saturated heterocycles. The fourth-order valence-corrected chi connectivity index (χ4v) is 6.96. The van der Waals surface area contributed by atoms with Crippen molar-refractivity contribution in [3.8, 4) is 0 Å². The van der Waals surface area contributed by atoms with Crippen LogP contribution in [0.25, 0.3) is 0 Å². The average molecular weight is 392 g/mol. The van der Waals surface area contributed by atoms with Gasteiger partial charge < -0.3 is 14.5 Å². The molecule has 4 bridgehead atoms. The molecule has 5 nitrogen and oxygen atoms in total. The minimum absolute atomic E-state index is 0.0849. The standard InChI is InChI=1S/C24H28N2O3/c1-3-14-4-5-17-18(10-14)26-21(28)12-19-22-16-11-20(27)24(17,23(22)26)7-8-25(2)13-15(16)6-9-29-19/h4-6,10,16,19,22-23H,3,7-9,11-13H2,1-2H3/t16-,19-,22+,23+,24-/m1/s1. The van der Waals surface area contributed by atoms with Crippen molar-refractivity contribution in [2.24, 2.45) is 11.8 Å². The van der Waals surface area contributed by atoms with Gasteiger partial charge in [-0.2, -0.15) is 0 Å². The molecular formula is C24H28N2O3. The number of ether oxygens (including phenoxy) is 1. The quantitative estimate of drug-likeness (QED) is 0.689. The van der Waals surface area contributed by atoms with E-state index in [-0.39, 0.29) is 29.9 Å². The lowest BCUT2D eigenvalue weighted by atomic mass is 9.55. The maximum atomic E-state index is 13.9. The second-order valence-corrected chi connectivity index (χ2v) is 9.54. The molecule has 1 aromatic rings. The summed E-state index contributed by atoms with van der Waals surface area (Å²) < 4.78 is 6.24. The van der Waals surface area contributed by atoms with Crippen LogP contribution < -0.4 is 4.90 Å². The summed E-state index contributed by atoms with van der Waals surface area (Å²) in [6.07, 6.45) is 4.81. The van der Waals surface area contributed by atoms with Crippen LogP contribution in [0.4, 0.5) is 5.69 Å². The first-order valence-electron chi connectivity index (χ1n) is 11.0. The Morgan fingerprint density at radius 2 is 2.10 bits per heavy atom. The highest BCUT2D eigenvalue weighted by Crippen LogP contribution is 2.60. The maximum Gasteiger partial charge on any atom is 0.229 e. The van der Waals surface area contributed by atoms with E-state index < -0.39 is 5.41 Å². The minimum Gasteiger partial charge on any atom is -0.373 e. The van der Waals surface area contributed by atoms with Crippen molar-refractivity contribution >= 4 is 17.4 Å². The number of amides is 1. The van der Waals surface area contributed by atoms with Crippen LogP contribution in [0.5, 0.6) is 0 Å². The molecule has 5 atom stereocenters. The zero-order valence-corrected chi connectivity index (χ0v) is 17.2. The van der Waals surface area contributed by atoms with Crippen molar-refractivity contribution in [2.45, 2.75) is 50.2 Å². The Kier molecular flexibility index (Phi) is 3.70. The molecule has 5 heteroatoms. The summed E-state index contributed by atoms with van der Waals surface area (Å²) in [5.74, 6) is 0.831. The van der Waals surface area contributed by atoms with E-state index in [1.165, 1.54) is 11.1 Å². The molecule has 6 aliphatic rings. The molecule has 29 heavy (non-hydrogen) atoms. The number of hydrogen-bond acceptors (Lipinski definition) is 4. The Hall–Kier alpha value is -1.98. The number of Topliss-reactive ketones (excluding diaryl/α,β-unsaturated/α-hetero) is 1. The minimum atomic E-state index is -0.589. The van der Waals surface area contributed by atoms with E-state index in [1.807, 2.05) is 4.90 Å². The van der Waals surface area contributed by atoms with Crippen LogP contribution in [-0.4, -0.2) is 55.5 Å². The Morgan fingerprint density at radius 1 is 1.24 bits per heavy atom. The second-order valence-electron chi connectivity index (χ2n) is 9.54. The van der Waals surface area contributed by atoms with Crippen molar-refractivity contribution in [3.05, 3.63) is 41.0 Å². The van der Waals surface area contributed by atoms with Crippen LogP contribution in [0.2, 0.25) is 0 Å². The van der Waals surface area contributed by atoms with Crippen LogP contribution in [0.1, 0.15) is 37.3 Å². The molecule has 1 saturated carbocycles. The van der Waals surface area contributed by atoms with Gasteiger partial charge in [0.05, 0.1) is 30.6 Å². The Balaban J connectivity index is 1.64. The smallest absolute Gasteiger partial charge is 0.229 e. The first kappa shape index (κ1) is 17.8. The summed E-state index contributed by atoms with van der Waals surface area (Å²) in [7, 11) is 2.15. The van der Waals surface area contributed by atoms with Gasteiger partial charge in [0, 0.05) is 24.6 Å². The SMILES string of the molecule is CCc1ccc2c(c1)N1C(=O)C[C@H]3OCC=C4CN(C)CC[C@]25C(=O)C[C@H]4[C@@H]3[C@H]15. The van der Waals surface area contributed by atoms with Gasteiger partial charge in [-0.1, -0.05) is 30.7 Å². The predicted octanol–water partition coefficient (Wildman–Crippen LogP) is 2.47. The molecule has 1 aliphatic carbocycles. The largest absolute Gasteiger partial charge is 0.373 e. The number of carbonyl (C=O) groups excluding carboxylic acids is 2. The van der Waals surface area contributed by atoms with Crippen molar-refractivity contribution in [3.63, 3.8) is 0 Å². The number of rotatable bonds is 1. The van der Waals surface area contributed by atoms with Gasteiger partial charge in [0.15, 0.2) is 0 Å². The molecule has 152 valence electrons. The van der Waals surface area contributed by atoms with Gasteiger partial charge in [0.2, 0.25) is 5.91 Å². The van der Waals surface area contributed by atoms with Gasteiger partial charge in [0.1, 0.15) is 5.78 Å². The summed E-state index contributed by atoms with van der Waals surface area (Å²) in [6, 6.07) is 6.37. The summed E-state index contributed by atoms with van der Waals surface area (Å²) >= 11 is 0. The van der Waals surface area contributed by atoms with E-state index in [9.17, 15) is 9.59 Å². The van der Waals surface area contributed by atoms with E-state index in [0.29, 0.717) is 25.2 Å². The average Bonchev–Trinajstić information content (AvgIpc) is 2.95. The van der Waals surface area contributed by atoms with Crippen molar-refractivity contribution in [1.29, 1.82) is 0 Å². The van der Waals surface area contributed by atoms with Gasteiger partial charge >= 0.3 is 0 Å². The molecule has 1 spiro atoms. The first-order chi connectivity index (χ1) is 14.0. The number of anilines is 1. The van der Waals surface area contributed by atoms with Crippen molar-refractivity contribution in [1.82, 2.24) is 4.90 Å². The molecule has 7 rings (SSSR count). The van der Waals surface area contributed by atoms with Crippen LogP contribution in [0, 0.1) is 11.8 Å². The van der Waals surface area contributed by atoms with E-state index in [0.717, 1.165) is 37.2 Å². The third-order valence-corrected chi connectivity index (χ3v) is 8.27. The summed E-state index contributed by atoms with van der Waals surface area (Å²) in [5, 5.41) is 0. The molecule has 0 radical (unpaired) electrons. The monoisotopic (exact) mass is 392 g/mol. The number of fused-ring (bicyclic) bond motifs is 6. The van der Waals surface area contributed by atoms with Gasteiger partial charge in [-0.05, 0) is 49.5 Å². The summed E-state index contributed by atoms with van der Waals surface area (Å²) in [4.78, 5) is 31.7. The third-order valence-electron chi connectivity index (χ3n) is 8.27. The van der Waals surface area contributed by atoms with Gasteiger partial charge in [-0.25, -0.2) is 0 Å². The lowest BCUT2D eigenvalue weighted by Gasteiger charge is -2.53. The fourth-order valence-electron chi connectivity index (χ4n) is 6.96. The number of likely N-dealkylation sites (N-methyl/N-ethyl adjacent to an activating group) is 1. The lowest BCUT2D eigenvalue weighted by molar-refractivity contribution is -0.140. The second kappa shape index (κ2) is 6.02. The Bertz CT molecular complexity index is 953. The Labute approximate surface area is 171 Å². The van der Waals surface area contributed by atoms with E-state index >= 15 is 0 Å². The van der Waals surface area contributed by atoms with Crippen LogP contribution >= 0.6 is 0 Å². The predicted molar refractivity (Wildman–Crippen MR) is 110 cm³/mol. The van der Waals surface area contributed by atoms with Gasteiger partial charge in [-0.3, -0.25) is 9.59 Å². The topological polar surface area (TPSA) is 49.9 Å². The normalized spacial score (nSPS) is 38.1. The molecule has 0 unspecified atom stereocenters. The number of aryl methyl sites for hydroxylation is 1. The molecular weight excluding hydrogens is 364 g/mol. The zero-order chi connectivity index (χ0) is 19.9. The Morgan fingerprint density at radius 3 is 2.93 bits per heavy atom. The van der Waals surface area contributed by atoms with Crippen molar-refractivity contribution < 1.29 is 14.3 Å². The maximum absolute atomic E-state index is 13.9. The van der Waals surface area contributed by atoms with Gasteiger partial charge in [-0.15, -0.1) is 0 Å². The molecule has 5 heterocycles. The first-order valence-corrected chi connectivity index (χ1v) is 11.0. The van der Waals surface area contributed by atoms with E-state index in [4.69, 9.17) is 4.74 Å². The molecule has 1 amide bonds. The molecule has 4 fully saturated rings. The number of ketones is 1. The number of nitrogens with zero attached hydrogens (tertiary/aromatic N) is 2. The van der Waals surface area contributed by atoms with Crippen LogP contribution in [0.3, 0.4) is 0 Å². The van der Waals surface area contributed by atoms with E-state index in [1.54, 1.807) is 0 Å². The number of benzene rings is 1. The van der Waals surface area contributed by atoms with Crippen LogP contribution in [0.15, 0.2) is 29.8 Å². The number of hydrogen-bond donors (Lipinski definition) is 0. The number of carbonyl (C=O) groups is 2. The van der Waals surface area contributed by atoms with Crippen LogP contribution in [-0.2, 0) is 26.2 Å². The summed E-state index contributed by atoms with van der Waals surface area (Å²) in [5.41, 5.74) is 4.04. The highest BCUT2D eigenvalue weighted by atomic mass is 16.5. The lowest BCUT2D eigenvalue weighted by Crippen LogP contribution is -2.66. The molecule has 5 aliphatic heterocycles. The highest BCUT2D eigenvalue weighted by Gasteiger charge is 2.67. The number of piperidine rings is 1. The van der Waals surface area contributed by atoms with E-state index in [2.05, 4.69) is 43.1 Å². The fraction of sp³-hybridized carbons (Fsp3) is 0.583. The third kappa shape index (κ3) is 2.18. The molecule has 1 aromatic carbocycles. The zero-order valence-electron chi connectivity index (χ0n) is 17.2. The summed E-state index contributed by atoms with van der Waals surface area (Å²) in [6.45, 7) is 4.44.